The van der Waals surface area contributed by atoms with E-state index >= 15 is 0 Å². The summed E-state index contributed by atoms with van der Waals surface area (Å²) >= 11 is 0. The minimum Gasteiger partial charge on any atom is -0.328 e. The number of nitrogens with zero attached hydrogens (tertiary/aromatic N) is 1. The number of fused-ring (bicyclic) bond motifs is 2. The molecule has 2 aliphatic rings. The van der Waals surface area contributed by atoms with Crippen LogP contribution < -0.4 is 5.46 Å². The van der Waals surface area contributed by atoms with Crippen LogP contribution in [0.4, 0.5) is 0 Å². The minimum atomic E-state index is 0.105. The molecule has 26 heavy (non-hydrogen) atoms. The molecule has 0 heterocycles. The fourth-order valence-electron chi connectivity index (χ4n) is 4.51. The van der Waals surface area contributed by atoms with Crippen molar-refractivity contribution in [2.45, 2.75) is 38.3 Å². The number of rotatable bonds is 4. The van der Waals surface area contributed by atoms with E-state index in [0.717, 1.165) is 28.9 Å². The molecule has 3 heteroatoms. The summed E-state index contributed by atoms with van der Waals surface area (Å²) in [6.45, 7) is 0.592. The summed E-state index contributed by atoms with van der Waals surface area (Å²) in [4.78, 5) is 15.4. The van der Waals surface area contributed by atoms with Crippen molar-refractivity contribution in [3.63, 3.8) is 0 Å². The Morgan fingerprint density at radius 1 is 1.08 bits per heavy atom. The van der Waals surface area contributed by atoms with Crippen molar-refractivity contribution in [3.05, 3.63) is 77.9 Å². The summed E-state index contributed by atoms with van der Waals surface area (Å²) < 4.78 is 0. The number of amides is 1. The van der Waals surface area contributed by atoms with Gasteiger partial charge in [-0.3, -0.25) is 4.79 Å². The molecule has 3 atom stereocenters. The number of carbonyl (C=O) groups excluding carboxylic acids is 1. The number of allylic oxidation sites excluding steroid dienone is 1. The van der Waals surface area contributed by atoms with Crippen molar-refractivity contribution < 1.29 is 4.79 Å². The topological polar surface area (TPSA) is 20.3 Å². The van der Waals surface area contributed by atoms with E-state index in [2.05, 4.69) is 23.1 Å². The van der Waals surface area contributed by atoms with Gasteiger partial charge in [0, 0.05) is 12.1 Å². The van der Waals surface area contributed by atoms with Gasteiger partial charge in [0.05, 0.1) is 6.04 Å². The van der Waals surface area contributed by atoms with Crippen molar-refractivity contribution in [3.8, 4) is 0 Å². The van der Waals surface area contributed by atoms with Crippen LogP contribution in [-0.2, 0) is 6.54 Å². The van der Waals surface area contributed by atoms with Gasteiger partial charge in [-0.1, -0.05) is 60.1 Å². The zero-order valence-electron chi connectivity index (χ0n) is 15.1. The highest BCUT2D eigenvalue weighted by atomic mass is 16.2. The molecular weight excluding hydrogens is 317 g/mol. The van der Waals surface area contributed by atoms with Gasteiger partial charge < -0.3 is 4.90 Å². The molecule has 1 fully saturated rings. The lowest BCUT2D eigenvalue weighted by molar-refractivity contribution is 0.0645. The van der Waals surface area contributed by atoms with Gasteiger partial charge in [-0.15, -0.1) is 0 Å². The summed E-state index contributed by atoms with van der Waals surface area (Å²) in [6.07, 6.45) is 9.45. The molecule has 2 aliphatic carbocycles. The number of hydrogen-bond acceptors (Lipinski definition) is 1. The van der Waals surface area contributed by atoms with E-state index in [-0.39, 0.29) is 11.9 Å². The third kappa shape index (κ3) is 3.62. The molecule has 2 aromatic carbocycles. The molecule has 0 saturated heterocycles. The standard InChI is InChI=1S/C23H24BNO/c24-21-10-4-7-18(15-21)16-25(23(26)19-8-2-1-3-9-19)22-11-5-6-17-12-13-20(22)14-17/h1-5,7-11,15,17,20,22H,6,12-14,16H2. The van der Waals surface area contributed by atoms with E-state index in [1.807, 2.05) is 48.5 Å². The summed E-state index contributed by atoms with van der Waals surface area (Å²) in [5, 5.41) is 0. The first-order valence-electron chi connectivity index (χ1n) is 9.58. The highest BCUT2D eigenvalue weighted by molar-refractivity contribution is 6.32. The van der Waals surface area contributed by atoms with E-state index in [4.69, 9.17) is 7.85 Å². The van der Waals surface area contributed by atoms with Crippen LogP contribution in [0.15, 0.2) is 66.7 Å². The van der Waals surface area contributed by atoms with Crippen LogP contribution in [0.5, 0.6) is 0 Å². The SMILES string of the molecule is [B]c1cccc(CN(C(=O)c2ccccc2)C2C=CCC3CCC2C3)c1. The van der Waals surface area contributed by atoms with Gasteiger partial charge in [-0.2, -0.15) is 0 Å². The average molecular weight is 341 g/mol. The van der Waals surface area contributed by atoms with Crippen LogP contribution in [0.25, 0.3) is 0 Å². The summed E-state index contributed by atoms with van der Waals surface area (Å²) in [5.41, 5.74) is 2.58. The first-order valence-corrected chi connectivity index (χ1v) is 9.58. The van der Waals surface area contributed by atoms with Gasteiger partial charge in [-0.25, -0.2) is 0 Å². The Labute approximate surface area is 157 Å². The molecule has 0 aliphatic heterocycles. The molecule has 2 aromatic rings. The first-order chi connectivity index (χ1) is 12.7. The van der Waals surface area contributed by atoms with Crippen LogP contribution in [0.3, 0.4) is 0 Å². The van der Waals surface area contributed by atoms with Gasteiger partial charge in [0.1, 0.15) is 7.85 Å². The molecule has 0 spiro atoms. The Balaban J connectivity index is 1.67. The molecule has 0 N–H and O–H groups in total. The first kappa shape index (κ1) is 17.1. The molecule has 1 amide bonds. The predicted molar refractivity (Wildman–Crippen MR) is 107 cm³/mol. The fourth-order valence-corrected chi connectivity index (χ4v) is 4.51. The van der Waals surface area contributed by atoms with Crippen LogP contribution in [0.2, 0.25) is 0 Å². The van der Waals surface area contributed by atoms with E-state index in [1.54, 1.807) is 0 Å². The zero-order valence-corrected chi connectivity index (χ0v) is 15.1. The van der Waals surface area contributed by atoms with Crippen molar-refractivity contribution in [2.75, 3.05) is 0 Å². The van der Waals surface area contributed by atoms with Crippen LogP contribution >= 0.6 is 0 Å². The molecule has 2 nitrogen and oxygen atoms in total. The van der Waals surface area contributed by atoms with Gasteiger partial charge in [-0.05, 0) is 55.2 Å². The number of benzene rings is 2. The van der Waals surface area contributed by atoms with E-state index in [1.165, 1.54) is 19.3 Å². The Bertz CT molecular complexity index is 801. The Morgan fingerprint density at radius 2 is 1.92 bits per heavy atom. The Hall–Kier alpha value is -2.29. The van der Waals surface area contributed by atoms with Gasteiger partial charge in [0.25, 0.3) is 5.91 Å². The third-order valence-corrected chi connectivity index (χ3v) is 5.81. The molecule has 4 rings (SSSR count). The highest BCUT2D eigenvalue weighted by Crippen LogP contribution is 2.40. The van der Waals surface area contributed by atoms with Crippen LogP contribution in [0, 0.1) is 11.8 Å². The predicted octanol–water partition coefficient (Wildman–Crippen LogP) is 3.87. The van der Waals surface area contributed by atoms with Crippen molar-refractivity contribution in [1.82, 2.24) is 4.90 Å². The van der Waals surface area contributed by atoms with Gasteiger partial charge >= 0.3 is 0 Å². The molecule has 3 unspecified atom stereocenters. The molecule has 2 radical (unpaired) electrons. The maximum atomic E-state index is 13.4. The lowest BCUT2D eigenvalue weighted by atomic mass is 9.92. The number of carbonyl (C=O) groups is 1. The normalized spacial score (nSPS) is 24.2. The Kier molecular flexibility index (Phi) is 4.97. The molecular formula is C23H24BNO. The highest BCUT2D eigenvalue weighted by Gasteiger charge is 2.36. The summed E-state index contributed by atoms with van der Waals surface area (Å²) in [6, 6.07) is 17.7. The van der Waals surface area contributed by atoms with Crippen molar-refractivity contribution in [2.24, 2.45) is 11.8 Å². The summed E-state index contributed by atoms with van der Waals surface area (Å²) in [5.74, 6) is 1.46. The maximum Gasteiger partial charge on any atom is 0.254 e. The molecule has 0 aromatic heterocycles. The Morgan fingerprint density at radius 3 is 2.73 bits per heavy atom. The summed E-state index contributed by atoms with van der Waals surface area (Å²) in [7, 11) is 5.97. The molecule has 1 saturated carbocycles. The van der Waals surface area contributed by atoms with E-state index in [9.17, 15) is 4.79 Å². The van der Waals surface area contributed by atoms with Crippen LogP contribution in [-0.4, -0.2) is 24.7 Å². The molecule has 2 bridgehead atoms. The third-order valence-electron chi connectivity index (χ3n) is 5.81. The second kappa shape index (κ2) is 7.53. The smallest absolute Gasteiger partial charge is 0.254 e. The largest absolute Gasteiger partial charge is 0.328 e. The second-order valence-electron chi connectivity index (χ2n) is 7.64. The molecule has 130 valence electrons. The lowest BCUT2D eigenvalue weighted by Crippen LogP contribution is -2.42. The van der Waals surface area contributed by atoms with Crippen molar-refractivity contribution in [1.29, 1.82) is 0 Å². The quantitative estimate of drug-likeness (QED) is 0.611. The van der Waals surface area contributed by atoms with Crippen molar-refractivity contribution >= 4 is 19.2 Å². The van der Waals surface area contributed by atoms with E-state index < -0.39 is 0 Å². The zero-order chi connectivity index (χ0) is 17.9. The van der Waals surface area contributed by atoms with Gasteiger partial charge in [0.2, 0.25) is 0 Å². The van der Waals surface area contributed by atoms with Crippen LogP contribution in [0.1, 0.15) is 41.6 Å². The van der Waals surface area contributed by atoms with E-state index in [0.29, 0.717) is 12.5 Å². The fraction of sp³-hybridized carbons (Fsp3) is 0.348. The second-order valence-corrected chi connectivity index (χ2v) is 7.64. The average Bonchev–Trinajstić information content (AvgIpc) is 3.02. The number of hydrogen-bond donors (Lipinski definition) is 0. The monoisotopic (exact) mass is 341 g/mol. The van der Waals surface area contributed by atoms with Gasteiger partial charge in [0.15, 0.2) is 0 Å². The maximum absolute atomic E-state index is 13.4. The lowest BCUT2D eigenvalue weighted by Gasteiger charge is -2.34. The minimum absolute atomic E-state index is 0.105.